The number of sulfonamides is 1. The van der Waals surface area contributed by atoms with Crippen molar-refractivity contribution in [2.75, 3.05) is 7.05 Å². The van der Waals surface area contributed by atoms with E-state index in [0.29, 0.717) is 34.4 Å². The van der Waals surface area contributed by atoms with Crippen molar-refractivity contribution < 1.29 is 13.2 Å². The Morgan fingerprint density at radius 1 is 1.26 bits per heavy atom. The summed E-state index contributed by atoms with van der Waals surface area (Å²) >= 11 is 6.34. The number of nitrogens with one attached hydrogen (secondary N) is 2. The molecule has 0 fully saturated rings. The highest BCUT2D eigenvalue weighted by Gasteiger charge is 2.21. The van der Waals surface area contributed by atoms with Crippen molar-refractivity contribution in [1.29, 1.82) is 0 Å². The molecule has 7 nitrogen and oxygen atoms in total. The fourth-order valence-corrected chi connectivity index (χ4v) is 3.85. The van der Waals surface area contributed by atoms with Gasteiger partial charge in [-0.1, -0.05) is 49.7 Å². The number of halogens is 1. The molecule has 0 atom stereocenters. The molecule has 9 heteroatoms. The van der Waals surface area contributed by atoms with Gasteiger partial charge in [0.05, 0.1) is 17.0 Å². The van der Waals surface area contributed by atoms with Gasteiger partial charge in [-0.15, -0.1) is 0 Å². The Balaban J connectivity index is 2.16. The predicted molar refractivity (Wildman–Crippen MR) is 106 cm³/mol. The first-order valence-electron chi connectivity index (χ1n) is 8.63. The SMILES string of the molecule is CNS(=O)(=O)Cc1ccccc1CNC(=O)c1c(C)nn(CC(C)C)c1Cl. The molecule has 2 rings (SSSR count). The van der Waals surface area contributed by atoms with Crippen LogP contribution in [-0.4, -0.2) is 31.2 Å². The zero-order valence-electron chi connectivity index (χ0n) is 15.9. The molecule has 0 radical (unpaired) electrons. The van der Waals surface area contributed by atoms with Crippen molar-refractivity contribution in [3.8, 4) is 0 Å². The third kappa shape index (κ3) is 5.54. The fourth-order valence-electron chi connectivity index (χ4n) is 2.69. The first kappa shape index (κ1) is 21.4. The van der Waals surface area contributed by atoms with E-state index in [0.717, 1.165) is 5.56 Å². The number of hydrogen-bond acceptors (Lipinski definition) is 4. The molecule has 0 aliphatic rings. The second kappa shape index (κ2) is 8.86. The zero-order valence-corrected chi connectivity index (χ0v) is 17.5. The van der Waals surface area contributed by atoms with Crippen molar-refractivity contribution in [3.63, 3.8) is 0 Å². The molecule has 0 aliphatic heterocycles. The van der Waals surface area contributed by atoms with Gasteiger partial charge < -0.3 is 5.32 Å². The van der Waals surface area contributed by atoms with E-state index in [1.54, 1.807) is 35.9 Å². The molecule has 0 bridgehead atoms. The number of aromatic nitrogens is 2. The molecular formula is C18H25ClN4O3S. The summed E-state index contributed by atoms with van der Waals surface area (Å²) in [6, 6.07) is 7.09. The molecule has 1 heterocycles. The summed E-state index contributed by atoms with van der Waals surface area (Å²) < 4.78 is 27.6. The van der Waals surface area contributed by atoms with Crippen molar-refractivity contribution in [3.05, 3.63) is 51.8 Å². The summed E-state index contributed by atoms with van der Waals surface area (Å²) in [6.45, 7) is 6.65. The third-order valence-corrected chi connectivity index (χ3v) is 5.74. The quantitative estimate of drug-likeness (QED) is 0.696. The number of amides is 1. The molecule has 1 amide bonds. The molecule has 0 spiro atoms. The van der Waals surface area contributed by atoms with Gasteiger partial charge in [-0.05, 0) is 31.0 Å². The Morgan fingerprint density at radius 3 is 2.48 bits per heavy atom. The summed E-state index contributed by atoms with van der Waals surface area (Å²) in [6.07, 6.45) is 0. The van der Waals surface area contributed by atoms with Gasteiger partial charge in [0.2, 0.25) is 10.0 Å². The number of carbonyl (C=O) groups is 1. The maximum absolute atomic E-state index is 12.6. The van der Waals surface area contributed by atoms with Gasteiger partial charge in [-0.25, -0.2) is 13.1 Å². The lowest BCUT2D eigenvalue weighted by molar-refractivity contribution is 0.0950. The van der Waals surface area contributed by atoms with Gasteiger partial charge in [0.1, 0.15) is 5.15 Å². The molecule has 0 unspecified atom stereocenters. The molecular weight excluding hydrogens is 388 g/mol. The summed E-state index contributed by atoms with van der Waals surface area (Å²) in [5, 5.41) is 7.47. The highest BCUT2D eigenvalue weighted by Crippen LogP contribution is 2.21. The minimum Gasteiger partial charge on any atom is -0.348 e. The van der Waals surface area contributed by atoms with Crippen LogP contribution < -0.4 is 10.0 Å². The monoisotopic (exact) mass is 412 g/mol. The first-order valence-corrected chi connectivity index (χ1v) is 10.7. The van der Waals surface area contributed by atoms with Crippen molar-refractivity contribution in [2.45, 2.75) is 39.6 Å². The smallest absolute Gasteiger partial charge is 0.256 e. The average Bonchev–Trinajstić information content (AvgIpc) is 2.86. The van der Waals surface area contributed by atoms with Crippen molar-refractivity contribution >= 4 is 27.5 Å². The van der Waals surface area contributed by atoms with E-state index in [1.165, 1.54) is 7.05 Å². The number of benzene rings is 1. The molecule has 0 saturated carbocycles. The van der Waals surface area contributed by atoms with Crippen LogP contribution in [0.15, 0.2) is 24.3 Å². The van der Waals surface area contributed by atoms with Crippen LogP contribution in [0.3, 0.4) is 0 Å². The van der Waals surface area contributed by atoms with Gasteiger partial charge >= 0.3 is 0 Å². The number of hydrogen-bond donors (Lipinski definition) is 2. The largest absolute Gasteiger partial charge is 0.348 e. The molecule has 0 aliphatic carbocycles. The Bertz CT molecular complexity index is 923. The molecule has 27 heavy (non-hydrogen) atoms. The highest BCUT2D eigenvalue weighted by molar-refractivity contribution is 7.88. The van der Waals surface area contributed by atoms with Crippen LogP contribution in [-0.2, 0) is 28.9 Å². The van der Waals surface area contributed by atoms with Crippen molar-refractivity contribution in [1.82, 2.24) is 19.8 Å². The van der Waals surface area contributed by atoms with E-state index in [4.69, 9.17) is 11.6 Å². The molecule has 2 N–H and O–H groups in total. The summed E-state index contributed by atoms with van der Waals surface area (Å²) in [5.41, 5.74) is 2.26. The van der Waals surface area contributed by atoms with E-state index in [2.05, 4.69) is 15.1 Å². The van der Waals surface area contributed by atoms with Crippen LogP contribution in [0.25, 0.3) is 0 Å². The summed E-state index contributed by atoms with van der Waals surface area (Å²) in [4.78, 5) is 12.6. The predicted octanol–water partition coefficient (Wildman–Crippen LogP) is 2.48. The number of nitrogens with zero attached hydrogens (tertiary/aromatic N) is 2. The van der Waals surface area contributed by atoms with Crippen molar-refractivity contribution in [2.24, 2.45) is 5.92 Å². The molecule has 1 aromatic heterocycles. The molecule has 148 valence electrons. The zero-order chi connectivity index (χ0) is 20.2. The number of carbonyl (C=O) groups excluding carboxylic acids is 1. The molecule has 0 saturated heterocycles. The van der Waals surface area contributed by atoms with Gasteiger partial charge in [-0.3, -0.25) is 9.48 Å². The third-order valence-electron chi connectivity index (χ3n) is 4.04. The number of aryl methyl sites for hydroxylation is 1. The second-order valence-electron chi connectivity index (χ2n) is 6.74. The molecule has 1 aromatic carbocycles. The fraction of sp³-hybridized carbons (Fsp3) is 0.444. The Labute approximate surface area is 165 Å². The van der Waals surface area contributed by atoms with E-state index >= 15 is 0 Å². The second-order valence-corrected chi connectivity index (χ2v) is 9.03. The summed E-state index contributed by atoms with van der Waals surface area (Å²) in [5.74, 6) is -0.140. The lowest BCUT2D eigenvalue weighted by Crippen LogP contribution is -2.25. The van der Waals surface area contributed by atoms with Gasteiger partial charge in [0.25, 0.3) is 5.91 Å². The number of rotatable bonds is 8. The molecule has 2 aromatic rings. The summed E-state index contributed by atoms with van der Waals surface area (Å²) in [7, 11) is -2.03. The Hall–Kier alpha value is -1.90. The Morgan fingerprint density at radius 2 is 1.89 bits per heavy atom. The van der Waals surface area contributed by atoms with E-state index in [9.17, 15) is 13.2 Å². The Kier molecular flexibility index (Phi) is 7.02. The van der Waals surface area contributed by atoms with E-state index < -0.39 is 10.0 Å². The minimum absolute atomic E-state index is 0.151. The normalized spacial score (nSPS) is 11.8. The van der Waals surface area contributed by atoms with Crippen LogP contribution in [0.4, 0.5) is 0 Å². The average molecular weight is 413 g/mol. The van der Waals surface area contributed by atoms with E-state index in [-0.39, 0.29) is 18.2 Å². The van der Waals surface area contributed by atoms with Gasteiger partial charge in [0.15, 0.2) is 0 Å². The first-order chi connectivity index (χ1) is 12.6. The lowest BCUT2D eigenvalue weighted by atomic mass is 10.1. The van der Waals surface area contributed by atoms with Crippen LogP contribution in [0.2, 0.25) is 5.15 Å². The minimum atomic E-state index is -3.40. The van der Waals surface area contributed by atoms with Crippen LogP contribution in [0, 0.1) is 12.8 Å². The van der Waals surface area contributed by atoms with Gasteiger partial charge in [0, 0.05) is 13.1 Å². The van der Waals surface area contributed by atoms with Crippen LogP contribution in [0.1, 0.15) is 41.0 Å². The highest BCUT2D eigenvalue weighted by atomic mass is 35.5. The lowest BCUT2D eigenvalue weighted by Gasteiger charge is -2.11. The topological polar surface area (TPSA) is 93.1 Å². The maximum atomic E-state index is 12.6. The standard InChI is InChI=1S/C18H25ClN4O3S/c1-12(2)10-23-17(19)16(13(3)22-23)18(24)21-9-14-7-5-6-8-15(14)11-27(25,26)20-4/h5-8,12,20H,9-11H2,1-4H3,(H,21,24). The van der Waals surface area contributed by atoms with Gasteiger partial charge in [-0.2, -0.15) is 5.10 Å². The maximum Gasteiger partial charge on any atom is 0.256 e. The van der Waals surface area contributed by atoms with Crippen LogP contribution >= 0.6 is 11.6 Å². The van der Waals surface area contributed by atoms with E-state index in [1.807, 2.05) is 13.8 Å². The van der Waals surface area contributed by atoms with Crippen LogP contribution in [0.5, 0.6) is 0 Å².